The predicted molar refractivity (Wildman–Crippen MR) is 114 cm³/mol. The molecule has 0 bridgehead atoms. The van der Waals surface area contributed by atoms with E-state index >= 15 is 0 Å². The van der Waals surface area contributed by atoms with Crippen LogP contribution >= 0.6 is 11.3 Å². The van der Waals surface area contributed by atoms with Crippen molar-refractivity contribution in [1.29, 1.82) is 0 Å². The van der Waals surface area contributed by atoms with E-state index in [1.807, 2.05) is 50.4 Å². The highest BCUT2D eigenvalue weighted by molar-refractivity contribution is 7.13. The Morgan fingerprint density at radius 1 is 1.17 bits per heavy atom. The number of aromatic nitrogens is 5. The van der Waals surface area contributed by atoms with Gasteiger partial charge in [0.05, 0.1) is 10.6 Å². The Hall–Kier alpha value is -3.53. The number of hydrogen-bond donors (Lipinski definition) is 2. The normalized spacial score (nSPS) is 10.9. The van der Waals surface area contributed by atoms with Crippen LogP contribution in [0.5, 0.6) is 0 Å². The summed E-state index contributed by atoms with van der Waals surface area (Å²) in [4.78, 5) is 13.1. The molecule has 0 aromatic carbocycles. The maximum atomic E-state index is 12.2. The van der Waals surface area contributed by atoms with Crippen molar-refractivity contribution < 1.29 is 9.32 Å². The predicted octanol–water partition coefficient (Wildman–Crippen LogP) is 3.15. The Morgan fingerprint density at radius 2 is 2.03 bits per heavy atom. The lowest BCUT2D eigenvalue weighted by Crippen LogP contribution is -2.29. The lowest BCUT2D eigenvalue weighted by Gasteiger charge is -2.07. The van der Waals surface area contributed by atoms with Gasteiger partial charge in [-0.15, -0.1) is 21.5 Å². The lowest BCUT2D eigenvalue weighted by atomic mass is 10.2. The Bertz CT molecular complexity index is 1150. The molecule has 9 nitrogen and oxygen atoms in total. The maximum absolute atomic E-state index is 12.2. The van der Waals surface area contributed by atoms with E-state index < -0.39 is 0 Å². The molecule has 1 amide bonds. The van der Waals surface area contributed by atoms with E-state index in [9.17, 15) is 4.79 Å². The molecule has 4 aromatic heterocycles. The second kappa shape index (κ2) is 8.46. The van der Waals surface area contributed by atoms with Crippen molar-refractivity contribution in [2.75, 3.05) is 18.4 Å². The van der Waals surface area contributed by atoms with Crippen molar-refractivity contribution >= 4 is 23.1 Å². The van der Waals surface area contributed by atoms with E-state index in [0.29, 0.717) is 30.5 Å². The van der Waals surface area contributed by atoms with Crippen molar-refractivity contribution in [3.05, 3.63) is 58.4 Å². The molecular weight excluding hydrogens is 402 g/mol. The molecule has 0 aliphatic rings. The van der Waals surface area contributed by atoms with Gasteiger partial charge in [-0.25, -0.2) is 4.68 Å². The molecule has 0 atom stereocenters. The number of amides is 1. The van der Waals surface area contributed by atoms with Crippen LogP contribution in [0.4, 0.5) is 5.82 Å². The van der Waals surface area contributed by atoms with Crippen molar-refractivity contribution in [1.82, 2.24) is 30.5 Å². The number of thiophene rings is 1. The zero-order valence-electron chi connectivity index (χ0n) is 16.8. The van der Waals surface area contributed by atoms with Gasteiger partial charge in [-0.2, -0.15) is 5.10 Å². The smallest absolute Gasteiger partial charge is 0.273 e. The van der Waals surface area contributed by atoms with Gasteiger partial charge in [0.1, 0.15) is 5.82 Å². The summed E-state index contributed by atoms with van der Waals surface area (Å²) in [5.41, 5.74) is 3.41. The van der Waals surface area contributed by atoms with E-state index in [4.69, 9.17) is 4.52 Å². The SMILES string of the molecule is Cc1nn(-c2ccc(NCCNC(=O)c3cc(-c4cccs4)on3)nn2)c(C)c1C. The minimum absolute atomic E-state index is 0.253. The average Bonchev–Trinajstić information content (AvgIpc) is 3.50. The molecule has 10 heteroatoms. The second-order valence-electron chi connectivity index (χ2n) is 6.72. The molecular formula is C20H21N7O2S. The van der Waals surface area contributed by atoms with Gasteiger partial charge in [0.15, 0.2) is 17.3 Å². The number of hydrogen-bond acceptors (Lipinski definition) is 8. The van der Waals surface area contributed by atoms with Crippen LogP contribution in [0.1, 0.15) is 27.4 Å². The van der Waals surface area contributed by atoms with E-state index in [1.165, 1.54) is 11.3 Å². The molecule has 4 rings (SSSR count). The summed E-state index contributed by atoms with van der Waals surface area (Å²) in [6.45, 7) is 6.91. The first-order valence-electron chi connectivity index (χ1n) is 9.42. The number of nitrogens with zero attached hydrogens (tertiary/aromatic N) is 5. The van der Waals surface area contributed by atoms with Crippen molar-refractivity contribution in [2.24, 2.45) is 0 Å². The molecule has 2 N–H and O–H groups in total. The van der Waals surface area contributed by atoms with Crippen LogP contribution in [0.15, 0.2) is 40.2 Å². The van der Waals surface area contributed by atoms with Gasteiger partial charge in [0, 0.05) is 24.8 Å². The van der Waals surface area contributed by atoms with Gasteiger partial charge < -0.3 is 15.2 Å². The second-order valence-corrected chi connectivity index (χ2v) is 7.67. The third kappa shape index (κ3) is 4.08. The largest absolute Gasteiger partial charge is 0.367 e. The van der Waals surface area contributed by atoms with Crippen LogP contribution in [0, 0.1) is 20.8 Å². The third-order valence-corrected chi connectivity index (χ3v) is 5.63. The molecule has 4 heterocycles. The number of carbonyl (C=O) groups is 1. The molecule has 0 spiro atoms. The molecule has 0 aliphatic heterocycles. The van der Waals surface area contributed by atoms with E-state index in [2.05, 4.69) is 31.1 Å². The van der Waals surface area contributed by atoms with Gasteiger partial charge in [0.2, 0.25) is 0 Å². The van der Waals surface area contributed by atoms with Crippen LogP contribution in [-0.2, 0) is 0 Å². The summed E-state index contributed by atoms with van der Waals surface area (Å²) in [7, 11) is 0. The van der Waals surface area contributed by atoms with Crippen molar-refractivity contribution in [3.8, 4) is 16.5 Å². The summed E-state index contributed by atoms with van der Waals surface area (Å²) in [5, 5.41) is 24.6. The lowest BCUT2D eigenvalue weighted by molar-refractivity contribution is 0.0946. The fraction of sp³-hybridized carbons (Fsp3) is 0.250. The average molecular weight is 424 g/mol. The van der Waals surface area contributed by atoms with E-state index in [-0.39, 0.29) is 11.6 Å². The molecule has 4 aromatic rings. The zero-order valence-corrected chi connectivity index (χ0v) is 17.7. The fourth-order valence-corrected chi connectivity index (χ4v) is 3.52. The number of rotatable bonds is 7. The Balaban J connectivity index is 1.27. The van der Waals surface area contributed by atoms with Crippen LogP contribution in [0.25, 0.3) is 16.5 Å². The summed E-state index contributed by atoms with van der Waals surface area (Å²) in [6, 6.07) is 9.16. The Labute approximate surface area is 177 Å². The number of carbonyl (C=O) groups excluding carboxylic acids is 1. The molecule has 0 radical (unpaired) electrons. The van der Waals surface area contributed by atoms with E-state index in [0.717, 1.165) is 21.8 Å². The van der Waals surface area contributed by atoms with Gasteiger partial charge in [-0.05, 0) is 49.9 Å². The molecule has 0 aliphatic carbocycles. The highest BCUT2D eigenvalue weighted by Crippen LogP contribution is 2.25. The zero-order chi connectivity index (χ0) is 21.1. The minimum atomic E-state index is -0.287. The summed E-state index contributed by atoms with van der Waals surface area (Å²) >= 11 is 1.53. The summed E-state index contributed by atoms with van der Waals surface area (Å²) < 4.78 is 7.01. The van der Waals surface area contributed by atoms with Gasteiger partial charge in [-0.3, -0.25) is 4.79 Å². The number of anilines is 1. The maximum Gasteiger partial charge on any atom is 0.273 e. The first kappa shape index (κ1) is 19.8. The van der Waals surface area contributed by atoms with Crippen LogP contribution < -0.4 is 10.6 Å². The summed E-state index contributed by atoms with van der Waals surface area (Å²) in [6.07, 6.45) is 0. The van der Waals surface area contributed by atoms with Gasteiger partial charge >= 0.3 is 0 Å². The van der Waals surface area contributed by atoms with Crippen molar-refractivity contribution in [3.63, 3.8) is 0 Å². The quantitative estimate of drug-likeness (QED) is 0.439. The topological polar surface area (TPSA) is 111 Å². The Morgan fingerprint density at radius 3 is 2.70 bits per heavy atom. The fourth-order valence-electron chi connectivity index (χ4n) is 2.85. The van der Waals surface area contributed by atoms with Gasteiger partial charge in [-0.1, -0.05) is 11.2 Å². The molecule has 0 fully saturated rings. The number of aryl methyl sites for hydroxylation is 1. The number of nitrogens with one attached hydrogen (secondary N) is 2. The van der Waals surface area contributed by atoms with Crippen LogP contribution in [0.3, 0.4) is 0 Å². The first-order chi connectivity index (χ1) is 14.5. The highest BCUT2D eigenvalue weighted by atomic mass is 32.1. The van der Waals surface area contributed by atoms with E-state index in [1.54, 1.807) is 10.7 Å². The molecule has 30 heavy (non-hydrogen) atoms. The third-order valence-electron chi connectivity index (χ3n) is 4.74. The highest BCUT2D eigenvalue weighted by Gasteiger charge is 2.14. The monoisotopic (exact) mass is 423 g/mol. The first-order valence-corrected chi connectivity index (χ1v) is 10.3. The van der Waals surface area contributed by atoms with Crippen molar-refractivity contribution in [2.45, 2.75) is 20.8 Å². The standard InChI is InChI=1S/C20H21N7O2S/c1-12-13(2)25-27(14(12)3)19-7-6-18(23-24-19)21-8-9-22-20(28)15-11-16(29-26-15)17-5-4-10-30-17/h4-7,10-11H,8-9H2,1-3H3,(H,21,23)(H,22,28). The summed E-state index contributed by atoms with van der Waals surface area (Å²) in [5.74, 6) is 1.58. The molecule has 0 unspecified atom stereocenters. The van der Waals surface area contributed by atoms with Crippen LogP contribution in [-0.4, -0.2) is 44.1 Å². The van der Waals surface area contributed by atoms with Gasteiger partial charge in [0.25, 0.3) is 5.91 Å². The van der Waals surface area contributed by atoms with Crippen LogP contribution in [0.2, 0.25) is 0 Å². The molecule has 0 saturated heterocycles. The Kier molecular flexibility index (Phi) is 5.57. The molecule has 154 valence electrons. The molecule has 0 saturated carbocycles. The minimum Gasteiger partial charge on any atom is -0.367 e.